The van der Waals surface area contributed by atoms with Crippen molar-refractivity contribution in [2.24, 2.45) is 7.05 Å². The van der Waals surface area contributed by atoms with Gasteiger partial charge in [0.05, 0.1) is 12.6 Å². The minimum Gasteiger partial charge on any atom is -0.497 e. The predicted octanol–water partition coefficient (Wildman–Crippen LogP) is 4.91. The highest BCUT2D eigenvalue weighted by Gasteiger charge is 2.19. The van der Waals surface area contributed by atoms with E-state index in [0.29, 0.717) is 0 Å². The fraction of sp³-hybridized carbons (Fsp3) is 0.158. The fourth-order valence-electron chi connectivity index (χ4n) is 3.21. The molecule has 0 radical (unpaired) electrons. The van der Waals surface area contributed by atoms with E-state index in [2.05, 4.69) is 35.9 Å². The van der Waals surface area contributed by atoms with Crippen molar-refractivity contribution >= 4 is 21.8 Å². The summed E-state index contributed by atoms with van der Waals surface area (Å²) >= 11 is 0. The van der Waals surface area contributed by atoms with Gasteiger partial charge in [-0.05, 0) is 37.3 Å². The van der Waals surface area contributed by atoms with E-state index < -0.39 is 0 Å². The first-order valence-corrected chi connectivity index (χ1v) is 7.31. The number of furan rings is 1. The molecule has 110 valence electrons. The first-order chi connectivity index (χ1) is 10.7. The largest absolute Gasteiger partial charge is 0.497 e. The lowest BCUT2D eigenvalue weighted by Gasteiger charge is -2.03. The van der Waals surface area contributed by atoms with Gasteiger partial charge in [0.1, 0.15) is 11.5 Å². The molecule has 0 saturated heterocycles. The van der Waals surface area contributed by atoms with Crippen LogP contribution in [0.3, 0.4) is 0 Å². The predicted molar refractivity (Wildman–Crippen MR) is 89.4 cm³/mol. The molecule has 3 heteroatoms. The summed E-state index contributed by atoms with van der Waals surface area (Å²) < 4.78 is 13.5. The molecule has 0 aliphatic rings. The third-order valence-corrected chi connectivity index (χ3v) is 4.28. The van der Waals surface area contributed by atoms with Gasteiger partial charge in [-0.1, -0.05) is 18.2 Å². The zero-order valence-electron chi connectivity index (χ0n) is 12.9. The second kappa shape index (κ2) is 4.67. The van der Waals surface area contributed by atoms with E-state index in [-0.39, 0.29) is 0 Å². The molecule has 0 bridgehead atoms. The van der Waals surface area contributed by atoms with Crippen LogP contribution in [0.4, 0.5) is 0 Å². The van der Waals surface area contributed by atoms with Gasteiger partial charge < -0.3 is 13.7 Å². The number of ether oxygens (including phenoxy) is 1. The second-order valence-corrected chi connectivity index (χ2v) is 5.52. The van der Waals surface area contributed by atoms with Crippen molar-refractivity contribution in [2.75, 3.05) is 7.11 Å². The molecular formula is C19H17NO2. The molecule has 0 fully saturated rings. The Labute approximate surface area is 128 Å². The van der Waals surface area contributed by atoms with Crippen molar-refractivity contribution in [3.05, 3.63) is 54.3 Å². The standard InChI is InChI=1S/C19H17NO2/c1-12-17-15-6-4-5-7-16(15)20(2)18(17)19(22-12)13-8-10-14(21-3)11-9-13/h4-11H,1-3H3. The smallest absolute Gasteiger partial charge is 0.158 e. The van der Waals surface area contributed by atoms with Gasteiger partial charge in [-0.15, -0.1) is 0 Å². The van der Waals surface area contributed by atoms with Crippen molar-refractivity contribution in [3.63, 3.8) is 0 Å². The number of benzene rings is 2. The van der Waals surface area contributed by atoms with Crippen LogP contribution < -0.4 is 4.74 Å². The molecular weight excluding hydrogens is 274 g/mol. The summed E-state index contributed by atoms with van der Waals surface area (Å²) in [4.78, 5) is 0. The Hall–Kier alpha value is -2.68. The van der Waals surface area contributed by atoms with Crippen molar-refractivity contribution in [3.8, 4) is 17.1 Å². The topological polar surface area (TPSA) is 27.3 Å². The molecule has 0 amide bonds. The lowest BCUT2D eigenvalue weighted by molar-refractivity contribution is 0.415. The van der Waals surface area contributed by atoms with Gasteiger partial charge >= 0.3 is 0 Å². The number of nitrogens with zero attached hydrogens (tertiary/aromatic N) is 1. The van der Waals surface area contributed by atoms with Gasteiger partial charge in [-0.3, -0.25) is 0 Å². The van der Waals surface area contributed by atoms with E-state index in [1.807, 2.05) is 31.2 Å². The monoisotopic (exact) mass is 291 g/mol. The number of methoxy groups -OCH3 is 1. The Bertz CT molecular complexity index is 974. The lowest BCUT2D eigenvalue weighted by Crippen LogP contribution is -1.88. The molecule has 0 unspecified atom stereocenters. The Balaban J connectivity index is 2.06. The van der Waals surface area contributed by atoms with Crippen LogP contribution in [0.5, 0.6) is 5.75 Å². The van der Waals surface area contributed by atoms with Gasteiger partial charge in [-0.25, -0.2) is 0 Å². The summed E-state index contributed by atoms with van der Waals surface area (Å²) in [6.45, 7) is 2.03. The van der Waals surface area contributed by atoms with Crippen LogP contribution in [0.1, 0.15) is 5.76 Å². The summed E-state index contributed by atoms with van der Waals surface area (Å²) in [6, 6.07) is 16.4. The quantitative estimate of drug-likeness (QED) is 0.525. The maximum absolute atomic E-state index is 6.09. The maximum atomic E-state index is 6.09. The lowest BCUT2D eigenvalue weighted by atomic mass is 10.1. The van der Waals surface area contributed by atoms with Crippen LogP contribution >= 0.6 is 0 Å². The summed E-state index contributed by atoms with van der Waals surface area (Å²) in [5, 5.41) is 2.44. The van der Waals surface area contributed by atoms with Crippen LogP contribution in [0.2, 0.25) is 0 Å². The minimum atomic E-state index is 0.848. The van der Waals surface area contributed by atoms with Crippen molar-refractivity contribution in [2.45, 2.75) is 6.92 Å². The normalized spacial score (nSPS) is 11.4. The maximum Gasteiger partial charge on any atom is 0.158 e. The van der Waals surface area contributed by atoms with Crippen LogP contribution in [-0.4, -0.2) is 11.7 Å². The van der Waals surface area contributed by atoms with E-state index in [0.717, 1.165) is 28.4 Å². The number of para-hydroxylation sites is 1. The number of hydrogen-bond acceptors (Lipinski definition) is 2. The minimum absolute atomic E-state index is 0.848. The van der Waals surface area contributed by atoms with Gasteiger partial charge in [-0.2, -0.15) is 0 Å². The van der Waals surface area contributed by atoms with Crippen molar-refractivity contribution in [1.82, 2.24) is 4.57 Å². The van der Waals surface area contributed by atoms with Gasteiger partial charge in [0.2, 0.25) is 0 Å². The number of aromatic nitrogens is 1. The number of hydrogen-bond donors (Lipinski definition) is 0. The van der Waals surface area contributed by atoms with E-state index in [1.165, 1.54) is 16.3 Å². The molecule has 0 N–H and O–H groups in total. The number of fused-ring (bicyclic) bond motifs is 3. The summed E-state index contributed by atoms with van der Waals surface area (Å²) in [7, 11) is 3.76. The molecule has 0 spiro atoms. The van der Waals surface area contributed by atoms with Crippen LogP contribution in [-0.2, 0) is 7.05 Å². The highest BCUT2D eigenvalue weighted by Crippen LogP contribution is 2.39. The summed E-state index contributed by atoms with van der Waals surface area (Å²) in [6.07, 6.45) is 0. The van der Waals surface area contributed by atoms with Gasteiger partial charge in [0, 0.05) is 28.9 Å². The zero-order valence-corrected chi connectivity index (χ0v) is 12.9. The molecule has 0 saturated carbocycles. The molecule has 2 aromatic heterocycles. The van der Waals surface area contributed by atoms with Crippen LogP contribution in [0, 0.1) is 6.92 Å². The summed E-state index contributed by atoms with van der Waals surface area (Å²) in [5.41, 5.74) is 3.43. The average Bonchev–Trinajstić information content (AvgIpc) is 3.05. The third-order valence-electron chi connectivity index (χ3n) is 4.28. The summed E-state index contributed by atoms with van der Waals surface area (Å²) in [5.74, 6) is 2.71. The van der Waals surface area contributed by atoms with Crippen LogP contribution in [0.15, 0.2) is 52.9 Å². The Morgan fingerprint density at radius 2 is 1.73 bits per heavy atom. The third kappa shape index (κ3) is 1.69. The van der Waals surface area contributed by atoms with Crippen molar-refractivity contribution in [1.29, 1.82) is 0 Å². The van der Waals surface area contributed by atoms with E-state index in [4.69, 9.17) is 9.15 Å². The Kier molecular flexibility index (Phi) is 2.76. The first kappa shape index (κ1) is 13.0. The zero-order chi connectivity index (χ0) is 15.3. The molecule has 3 nitrogen and oxygen atoms in total. The molecule has 0 atom stereocenters. The first-order valence-electron chi connectivity index (χ1n) is 7.31. The van der Waals surface area contributed by atoms with E-state index in [1.54, 1.807) is 7.11 Å². The Morgan fingerprint density at radius 3 is 2.45 bits per heavy atom. The number of aryl methyl sites for hydroxylation is 2. The fourth-order valence-corrected chi connectivity index (χ4v) is 3.21. The van der Waals surface area contributed by atoms with E-state index >= 15 is 0 Å². The average molecular weight is 291 g/mol. The highest BCUT2D eigenvalue weighted by atomic mass is 16.5. The molecule has 2 aromatic carbocycles. The number of rotatable bonds is 2. The van der Waals surface area contributed by atoms with Gasteiger partial charge in [0.25, 0.3) is 0 Å². The molecule has 22 heavy (non-hydrogen) atoms. The highest BCUT2D eigenvalue weighted by molar-refractivity contribution is 6.13. The molecule has 0 aliphatic carbocycles. The second-order valence-electron chi connectivity index (χ2n) is 5.52. The van der Waals surface area contributed by atoms with Crippen molar-refractivity contribution < 1.29 is 9.15 Å². The van der Waals surface area contributed by atoms with Gasteiger partial charge in [0.15, 0.2) is 5.76 Å². The molecule has 2 heterocycles. The Morgan fingerprint density at radius 1 is 1.00 bits per heavy atom. The van der Waals surface area contributed by atoms with Crippen LogP contribution in [0.25, 0.3) is 33.1 Å². The molecule has 4 rings (SSSR count). The van der Waals surface area contributed by atoms with E-state index in [9.17, 15) is 0 Å². The molecule has 0 aliphatic heterocycles. The SMILES string of the molecule is COc1ccc(-c2oc(C)c3c4ccccc4n(C)c23)cc1. The molecule has 4 aromatic rings.